The molecule has 0 saturated heterocycles. The zero-order valence-corrected chi connectivity index (χ0v) is 15.7. The summed E-state index contributed by atoms with van der Waals surface area (Å²) < 4.78 is 0.456. The summed E-state index contributed by atoms with van der Waals surface area (Å²) in [5, 5.41) is 0.725. The Bertz CT molecular complexity index is 1260. The summed E-state index contributed by atoms with van der Waals surface area (Å²) in [6.45, 7) is 8.38. The number of hydrogen-bond acceptors (Lipinski definition) is 5. The largest absolute Gasteiger partial charge is 0.326 e. The van der Waals surface area contributed by atoms with Crippen LogP contribution in [0.4, 0.5) is 0 Å². The van der Waals surface area contributed by atoms with Gasteiger partial charge in [0.05, 0.1) is 16.6 Å². The van der Waals surface area contributed by atoms with Gasteiger partial charge in [0, 0.05) is 5.56 Å². The summed E-state index contributed by atoms with van der Waals surface area (Å²) in [4.78, 5) is 38.6. The minimum Gasteiger partial charge on any atom is -0.305 e. The van der Waals surface area contributed by atoms with Gasteiger partial charge in [-0.25, -0.2) is 14.8 Å². The summed E-state index contributed by atoms with van der Waals surface area (Å²) in [7, 11) is 0. The fourth-order valence-electron chi connectivity index (χ4n) is 3.00. The van der Waals surface area contributed by atoms with Crippen LogP contribution in [0.5, 0.6) is 0 Å². The van der Waals surface area contributed by atoms with Gasteiger partial charge in [0.2, 0.25) is 0 Å². The van der Waals surface area contributed by atoms with Crippen molar-refractivity contribution in [3.8, 4) is 11.4 Å². The van der Waals surface area contributed by atoms with Crippen LogP contribution in [0.3, 0.4) is 0 Å². The third-order valence-corrected chi connectivity index (χ3v) is 5.50. The van der Waals surface area contributed by atoms with E-state index in [1.807, 2.05) is 19.1 Å². The lowest BCUT2D eigenvalue weighted by atomic mass is 9.87. The van der Waals surface area contributed by atoms with Crippen molar-refractivity contribution in [3.63, 3.8) is 0 Å². The van der Waals surface area contributed by atoms with Gasteiger partial charge in [0.25, 0.3) is 5.56 Å². The second-order valence-corrected chi connectivity index (χ2v) is 8.35. The minimum atomic E-state index is -0.525. The first-order valence-corrected chi connectivity index (χ1v) is 9.10. The fraction of sp³-hybridized carbons (Fsp3) is 0.263. The monoisotopic (exact) mass is 366 g/mol. The Morgan fingerprint density at radius 2 is 1.69 bits per heavy atom. The summed E-state index contributed by atoms with van der Waals surface area (Å²) in [5.74, 6) is 0.612. The average molecular weight is 366 g/mol. The smallest absolute Gasteiger partial charge is 0.305 e. The normalized spacial score (nSPS) is 12.2. The van der Waals surface area contributed by atoms with Crippen molar-refractivity contribution in [2.45, 2.75) is 33.1 Å². The van der Waals surface area contributed by atoms with Crippen molar-refractivity contribution >= 4 is 31.8 Å². The standard InChI is InChI=1S/C19H18N4O2S/c1-9-12-13-14(16(24)23-18(25)21-13)26-17(12)22-15(20-9)10-5-7-11(8-6-10)19(2,3)4/h5-8H,1-4H3,(H2,21,23,24,25). The zero-order chi connectivity index (χ0) is 18.6. The van der Waals surface area contributed by atoms with E-state index >= 15 is 0 Å². The number of aryl methyl sites for hydroxylation is 1. The highest BCUT2D eigenvalue weighted by Crippen LogP contribution is 2.32. The van der Waals surface area contributed by atoms with Gasteiger partial charge < -0.3 is 4.98 Å². The van der Waals surface area contributed by atoms with E-state index in [9.17, 15) is 9.59 Å². The van der Waals surface area contributed by atoms with Crippen LogP contribution < -0.4 is 11.2 Å². The predicted molar refractivity (Wildman–Crippen MR) is 105 cm³/mol. The van der Waals surface area contributed by atoms with Gasteiger partial charge in [-0.15, -0.1) is 11.3 Å². The van der Waals surface area contributed by atoms with E-state index in [1.54, 1.807) is 0 Å². The number of benzene rings is 1. The van der Waals surface area contributed by atoms with Crippen molar-refractivity contribution in [2.75, 3.05) is 0 Å². The number of thiophene rings is 1. The highest BCUT2D eigenvalue weighted by molar-refractivity contribution is 7.25. The number of nitrogens with zero attached hydrogens (tertiary/aromatic N) is 2. The number of fused-ring (bicyclic) bond motifs is 3. The molecule has 0 spiro atoms. The van der Waals surface area contributed by atoms with Crippen LogP contribution in [0.2, 0.25) is 0 Å². The van der Waals surface area contributed by atoms with Gasteiger partial charge in [0.1, 0.15) is 9.53 Å². The quantitative estimate of drug-likeness (QED) is 0.539. The van der Waals surface area contributed by atoms with Crippen LogP contribution in [0.15, 0.2) is 33.9 Å². The van der Waals surface area contributed by atoms with Crippen LogP contribution in [0, 0.1) is 6.92 Å². The molecule has 3 heterocycles. The number of rotatable bonds is 1. The van der Waals surface area contributed by atoms with E-state index in [2.05, 4.69) is 52.8 Å². The highest BCUT2D eigenvalue weighted by atomic mass is 32.1. The Hall–Kier alpha value is -2.80. The maximum Gasteiger partial charge on any atom is 0.326 e. The fourth-order valence-corrected chi connectivity index (χ4v) is 4.08. The van der Waals surface area contributed by atoms with Gasteiger partial charge in [-0.05, 0) is 17.9 Å². The van der Waals surface area contributed by atoms with Crippen molar-refractivity contribution in [1.82, 2.24) is 19.9 Å². The zero-order valence-electron chi connectivity index (χ0n) is 14.9. The van der Waals surface area contributed by atoms with Crippen molar-refractivity contribution < 1.29 is 0 Å². The molecule has 132 valence electrons. The van der Waals surface area contributed by atoms with Crippen molar-refractivity contribution in [1.29, 1.82) is 0 Å². The molecular weight excluding hydrogens is 348 g/mol. The first kappa shape index (κ1) is 16.7. The Balaban J connectivity index is 1.93. The molecule has 0 aliphatic heterocycles. The lowest BCUT2D eigenvalue weighted by molar-refractivity contribution is 0.590. The number of aromatic nitrogens is 4. The van der Waals surface area contributed by atoms with E-state index in [4.69, 9.17) is 0 Å². The van der Waals surface area contributed by atoms with E-state index in [0.29, 0.717) is 20.9 Å². The third kappa shape index (κ3) is 2.64. The van der Waals surface area contributed by atoms with E-state index < -0.39 is 11.2 Å². The van der Waals surface area contributed by atoms with Gasteiger partial charge in [-0.3, -0.25) is 9.78 Å². The molecule has 0 fully saturated rings. The maximum absolute atomic E-state index is 12.1. The average Bonchev–Trinajstić information content (AvgIpc) is 2.93. The van der Waals surface area contributed by atoms with Crippen LogP contribution in [-0.4, -0.2) is 19.9 Å². The van der Waals surface area contributed by atoms with Crippen LogP contribution in [-0.2, 0) is 5.41 Å². The molecule has 0 amide bonds. The minimum absolute atomic E-state index is 0.0810. The van der Waals surface area contributed by atoms with E-state index in [1.165, 1.54) is 16.9 Å². The molecule has 4 rings (SSSR count). The second-order valence-electron chi connectivity index (χ2n) is 7.35. The van der Waals surface area contributed by atoms with Gasteiger partial charge in [0.15, 0.2) is 5.82 Å². The molecule has 26 heavy (non-hydrogen) atoms. The summed E-state index contributed by atoms with van der Waals surface area (Å²) in [5.41, 5.74) is 2.55. The molecule has 2 N–H and O–H groups in total. The van der Waals surface area contributed by atoms with Crippen LogP contribution >= 0.6 is 11.3 Å². The lowest BCUT2D eigenvalue weighted by Gasteiger charge is -2.19. The molecule has 7 heteroatoms. The molecule has 1 aromatic carbocycles. The molecule has 4 aromatic rings. The molecule has 0 bridgehead atoms. The first-order chi connectivity index (χ1) is 12.2. The molecule has 0 saturated carbocycles. The number of nitrogens with one attached hydrogen (secondary N) is 2. The summed E-state index contributed by atoms with van der Waals surface area (Å²) >= 11 is 1.26. The highest BCUT2D eigenvalue weighted by Gasteiger charge is 2.17. The van der Waals surface area contributed by atoms with Gasteiger partial charge in [-0.2, -0.15) is 0 Å². The molecule has 3 aromatic heterocycles. The van der Waals surface area contributed by atoms with Crippen molar-refractivity contribution in [2.24, 2.45) is 0 Å². The first-order valence-electron chi connectivity index (χ1n) is 8.28. The second kappa shape index (κ2) is 5.60. The SMILES string of the molecule is Cc1nc(-c2ccc(C(C)(C)C)cc2)nc2sc3c(=O)[nH]c(=O)[nH]c3c12. The predicted octanol–water partition coefficient (Wildman–Crippen LogP) is 3.49. The third-order valence-electron chi connectivity index (χ3n) is 4.41. The number of H-pyrrole nitrogens is 2. The molecule has 0 aliphatic rings. The Morgan fingerprint density at radius 3 is 2.35 bits per heavy atom. The number of hydrogen-bond donors (Lipinski definition) is 2. The van der Waals surface area contributed by atoms with Gasteiger partial charge in [-0.1, -0.05) is 45.0 Å². The summed E-state index contributed by atoms with van der Waals surface area (Å²) in [6, 6.07) is 8.21. The molecule has 0 aliphatic carbocycles. The molecule has 0 atom stereocenters. The topological polar surface area (TPSA) is 91.5 Å². The Labute approximate surface area is 153 Å². The molecule has 0 radical (unpaired) electrons. The molecule has 0 unspecified atom stereocenters. The van der Waals surface area contributed by atoms with E-state index in [-0.39, 0.29) is 5.41 Å². The lowest BCUT2D eigenvalue weighted by Crippen LogP contribution is -2.20. The van der Waals surface area contributed by atoms with Crippen molar-refractivity contribution in [3.05, 3.63) is 56.4 Å². The maximum atomic E-state index is 12.1. The van der Waals surface area contributed by atoms with Gasteiger partial charge >= 0.3 is 5.69 Å². The van der Waals surface area contributed by atoms with E-state index in [0.717, 1.165) is 16.6 Å². The molecular formula is C19H18N4O2S. The van der Waals surface area contributed by atoms with Crippen LogP contribution in [0.25, 0.3) is 31.8 Å². The Kier molecular flexibility index (Phi) is 3.59. The number of aromatic amines is 2. The molecule has 6 nitrogen and oxygen atoms in total. The van der Waals surface area contributed by atoms with Crippen LogP contribution in [0.1, 0.15) is 32.0 Å². The summed E-state index contributed by atoms with van der Waals surface area (Å²) in [6.07, 6.45) is 0. The Morgan fingerprint density at radius 1 is 1.00 bits per heavy atom.